The van der Waals surface area contributed by atoms with Gasteiger partial charge in [-0.05, 0) is 75.0 Å². The van der Waals surface area contributed by atoms with Gasteiger partial charge in [0.25, 0.3) is 0 Å². The van der Waals surface area contributed by atoms with Gasteiger partial charge in [-0.15, -0.1) is 0 Å². The molecule has 0 aliphatic carbocycles. The van der Waals surface area contributed by atoms with E-state index < -0.39 is 0 Å². The Morgan fingerprint density at radius 2 is 2.00 bits per heavy atom. The molecule has 0 radical (unpaired) electrons. The topological polar surface area (TPSA) is 41.3 Å². The van der Waals surface area contributed by atoms with Crippen molar-refractivity contribution in [2.24, 2.45) is 5.84 Å². The third kappa shape index (κ3) is 4.04. The third-order valence-electron chi connectivity index (χ3n) is 4.78. The number of nitrogens with zero attached hydrogens (tertiary/aromatic N) is 1. The number of likely N-dealkylation sites (tertiary alicyclic amines) is 1. The van der Waals surface area contributed by atoms with Gasteiger partial charge in [0, 0.05) is 11.6 Å². The summed E-state index contributed by atoms with van der Waals surface area (Å²) in [4.78, 5) is 2.64. The molecule has 1 unspecified atom stereocenters. The summed E-state index contributed by atoms with van der Waals surface area (Å²) in [7, 11) is 0. The van der Waals surface area contributed by atoms with Crippen molar-refractivity contribution >= 4 is 11.3 Å². The first kappa shape index (κ1) is 16.0. The molecule has 3 nitrogen and oxygen atoms in total. The smallest absolute Gasteiger partial charge is 0.0392 e. The molecule has 20 heavy (non-hydrogen) atoms. The normalized spacial score (nSPS) is 19.8. The summed E-state index contributed by atoms with van der Waals surface area (Å²) in [6.45, 7) is 7.11. The van der Waals surface area contributed by atoms with Gasteiger partial charge >= 0.3 is 0 Å². The van der Waals surface area contributed by atoms with Crippen molar-refractivity contribution in [3.05, 3.63) is 22.4 Å². The van der Waals surface area contributed by atoms with Crippen LogP contribution in [0.15, 0.2) is 16.8 Å². The molecule has 1 aromatic rings. The Morgan fingerprint density at radius 1 is 1.30 bits per heavy atom. The number of nitrogens with one attached hydrogen (secondary N) is 1. The Kier molecular flexibility index (Phi) is 6.02. The second-order valence-electron chi connectivity index (χ2n) is 6.44. The van der Waals surface area contributed by atoms with Gasteiger partial charge in [-0.1, -0.05) is 12.8 Å². The second kappa shape index (κ2) is 7.55. The van der Waals surface area contributed by atoms with E-state index in [0.717, 1.165) is 12.8 Å². The first-order valence-corrected chi connectivity index (χ1v) is 8.81. The molecule has 0 spiro atoms. The summed E-state index contributed by atoms with van der Waals surface area (Å²) < 4.78 is 0. The zero-order valence-electron chi connectivity index (χ0n) is 12.9. The average molecular weight is 295 g/mol. The van der Waals surface area contributed by atoms with Gasteiger partial charge in [0.05, 0.1) is 0 Å². The molecule has 0 saturated carbocycles. The van der Waals surface area contributed by atoms with Crippen molar-refractivity contribution in [1.29, 1.82) is 0 Å². The fourth-order valence-electron chi connectivity index (χ4n) is 3.25. The van der Waals surface area contributed by atoms with Gasteiger partial charge in [-0.3, -0.25) is 16.2 Å². The number of rotatable bonds is 6. The summed E-state index contributed by atoms with van der Waals surface area (Å²) >= 11 is 1.78. The van der Waals surface area contributed by atoms with Crippen LogP contribution in [0, 0.1) is 0 Å². The van der Waals surface area contributed by atoms with E-state index in [1.165, 1.54) is 44.3 Å². The third-order valence-corrected chi connectivity index (χ3v) is 5.51. The van der Waals surface area contributed by atoms with Crippen LogP contribution in [0.2, 0.25) is 0 Å². The van der Waals surface area contributed by atoms with E-state index >= 15 is 0 Å². The minimum Gasteiger partial charge on any atom is -0.297 e. The van der Waals surface area contributed by atoms with Crippen LogP contribution in [0.5, 0.6) is 0 Å². The van der Waals surface area contributed by atoms with E-state index in [1.807, 2.05) is 0 Å². The fraction of sp³-hybridized carbons (Fsp3) is 0.750. The molecule has 4 heteroatoms. The lowest BCUT2D eigenvalue weighted by Crippen LogP contribution is -2.59. The highest BCUT2D eigenvalue weighted by molar-refractivity contribution is 7.07. The number of thiophene rings is 1. The molecule has 0 aromatic carbocycles. The van der Waals surface area contributed by atoms with Crippen molar-refractivity contribution in [3.8, 4) is 0 Å². The highest BCUT2D eigenvalue weighted by Gasteiger charge is 2.34. The average Bonchev–Trinajstić information content (AvgIpc) is 2.78. The Morgan fingerprint density at radius 3 is 2.55 bits per heavy atom. The Bertz CT molecular complexity index is 367. The van der Waals surface area contributed by atoms with Crippen LogP contribution in [0.3, 0.4) is 0 Å². The molecule has 0 amide bonds. The van der Waals surface area contributed by atoms with Crippen LogP contribution in [0.1, 0.15) is 51.5 Å². The van der Waals surface area contributed by atoms with E-state index in [2.05, 4.69) is 41.0 Å². The summed E-state index contributed by atoms with van der Waals surface area (Å²) in [5.74, 6) is 5.87. The molecule has 1 saturated heterocycles. The van der Waals surface area contributed by atoms with Crippen molar-refractivity contribution in [2.75, 3.05) is 13.1 Å². The molecule has 1 fully saturated rings. The van der Waals surface area contributed by atoms with E-state index in [-0.39, 0.29) is 5.54 Å². The van der Waals surface area contributed by atoms with Crippen molar-refractivity contribution in [3.63, 3.8) is 0 Å². The minimum absolute atomic E-state index is 0.120. The van der Waals surface area contributed by atoms with E-state index in [0.29, 0.717) is 6.04 Å². The van der Waals surface area contributed by atoms with Crippen LogP contribution in [-0.2, 0) is 6.42 Å². The maximum atomic E-state index is 5.87. The maximum absolute atomic E-state index is 5.87. The minimum atomic E-state index is 0.120. The second-order valence-corrected chi connectivity index (χ2v) is 7.22. The summed E-state index contributed by atoms with van der Waals surface area (Å²) in [5.41, 5.74) is 4.64. The van der Waals surface area contributed by atoms with E-state index in [9.17, 15) is 0 Å². The zero-order valence-corrected chi connectivity index (χ0v) is 13.7. The van der Waals surface area contributed by atoms with Crippen LogP contribution >= 0.6 is 11.3 Å². The van der Waals surface area contributed by atoms with E-state index in [4.69, 9.17) is 5.84 Å². The van der Waals surface area contributed by atoms with Gasteiger partial charge in [0.2, 0.25) is 0 Å². The van der Waals surface area contributed by atoms with Crippen LogP contribution in [0.25, 0.3) is 0 Å². The molecule has 1 aliphatic rings. The first-order chi connectivity index (χ1) is 9.64. The number of hydrogen-bond donors (Lipinski definition) is 2. The molecule has 2 heterocycles. The number of hydrazine groups is 1. The zero-order chi connectivity index (χ0) is 14.4. The van der Waals surface area contributed by atoms with Gasteiger partial charge < -0.3 is 0 Å². The first-order valence-electron chi connectivity index (χ1n) is 7.87. The number of nitrogens with two attached hydrogens (primary N) is 1. The van der Waals surface area contributed by atoms with Crippen molar-refractivity contribution in [1.82, 2.24) is 10.3 Å². The van der Waals surface area contributed by atoms with Crippen LogP contribution in [-0.4, -0.2) is 29.6 Å². The van der Waals surface area contributed by atoms with Gasteiger partial charge in [0.1, 0.15) is 0 Å². The monoisotopic (exact) mass is 295 g/mol. The number of aryl methyl sites for hydroxylation is 1. The van der Waals surface area contributed by atoms with Gasteiger partial charge in [-0.2, -0.15) is 11.3 Å². The summed E-state index contributed by atoms with van der Waals surface area (Å²) in [5, 5.41) is 4.40. The highest BCUT2D eigenvalue weighted by atomic mass is 32.1. The Hall–Kier alpha value is -0.420. The van der Waals surface area contributed by atoms with Crippen molar-refractivity contribution in [2.45, 2.75) is 64.0 Å². The molecular formula is C16H29N3S. The SMILES string of the molecule is CC(C)(C(CCc1ccsc1)NN)N1CCCCCC1. The lowest BCUT2D eigenvalue weighted by Gasteiger charge is -2.43. The molecule has 2 rings (SSSR count). The molecule has 3 N–H and O–H groups in total. The van der Waals surface area contributed by atoms with Crippen molar-refractivity contribution < 1.29 is 0 Å². The Balaban J connectivity index is 1.96. The molecule has 1 atom stereocenters. The Labute approximate surface area is 127 Å². The molecule has 114 valence electrons. The quantitative estimate of drug-likeness (QED) is 0.625. The molecular weight excluding hydrogens is 266 g/mol. The van der Waals surface area contributed by atoms with E-state index in [1.54, 1.807) is 11.3 Å². The molecule has 1 aliphatic heterocycles. The standard InChI is InChI=1S/C16H29N3S/c1-16(2,19-10-5-3-4-6-11-19)15(18-17)8-7-14-9-12-20-13-14/h9,12-13,15,18H,3-8,10-11,17H2,1-2H3. The molecule has 1 aromatic heterocycles. The predicted octanol–water partition coefficient (Wildman–Crippen LogP) is 3.17. The van der Waals surface area contributed by atoms with Crippen LogP contribution in [0.4, 0.5) is 0 Å². The lowest BCUT2D eigenvalue weighted by molar-refractivity contribution is 0.0802. The maximum Gasteiger partial charge on any atom is 0.0392 e. The lowest BCUT2D eigenvalue weighted by atomic mass is 9.88. The van der Waals surface area contributed by atoms with Gasteiger partial charge in [0.15, 0.2) is 0 Å². The summed E-state index contributed by atoms with van der Waals surface area (Å²) in [6, 6.07) is 2.55. The van der Waals surface area contributed by atoms with Gasteiger partial charge in [-0.25, -0.2) is 0 Å². The largest absolute Gasteiger partial charge is 0.297 e. The predicted molar refractivity (Wildman–Crippen MR) is 87.9 cm³/mol. The highest BCUT2D eigenvalue weighted by Crippen LogP contribution is 2.26. The van der Waals surface area contributed by atoms with Crippen LogP contribution < -0.4 is 11.3 Å². The number of hydrogen-bond acceptors (Lipinski definition) is 4. The summed E-state index contributed by atoms with van der Waals surface area (Å²) in [6.07, 6.45) is 7.60. The fourth-order valence-corrected chi connectivity index (χ4v) is 3.96. The molecule has 0 bridgehead atoms.